The molecule has 9 nitrogen and oxygen atoms in total. The molecule has 1 amide bonds. The van der Waals surface area contributed by atoms with Gasteiger partial charge in [-0.1, -0.05) is 115 Å². The van der Waals surface area contributed by atoms with Gasteiger partial charge in [0.25, 0.3) is 0 Å². The molecule has 0 bridgehead atoms. The van der Waals surface area contributed by atoms with E-state index in [2.05, 4.69) is 27.6 Å². The van der Waals surface area contributed by atoms with Crippen molar-refractivity contribution < 1.29 is 27.8 Å². The van der Waals surface area contributed by atoms with Crippen molar-refractivity contribution in [3.63, 3.8) is 0 Å². The second-order valence-corrected chi connectivity index (χ2v) is 15.8. The fraction of sp³-hybridized carbons (Fsp3) is 0.267. The van der Waals surface area contributed by atoms with Gasteiger partial charge < -0.3 is 24.8 Å². The van der Waals surface area contributed by atoms with Crippen LogP contribution in [0.5, 0.6) is 0 Å². The first kappa shape index (κ1) is 39.7. The summed E-state index contributed by atoms with van der Waals surface area (Å²) in [5, 5.41) is 12.5. The van der Waals surface area contributed by atoms with Crippen LogP contribution in [-0.2, 0) is 43.9 Å². The first-order valence-electron chi connectivity index (χ1n) is 18.5. The Morgan fingerprint density at radius 1 is 0.855 bits per heavy atom. The van der Waals surface area contributed by atoms with Crippen LogP contribution < -0.4 is 10.0 Å². The van der Waals surface area contributed by atoms with Gasteiger partial charge in [0.1, 0.15) is 6.04 Å². The summed E-state index contributed by atoms with van der Waals surface area (Å²) < 4.78 is 42.5. The maximum Gasteiger partial charge on any atom is 0.241 e. The Morgan fingerprint density at radius 2 is 1.55 bits per heavy atom. The van der Waals surface area contributed by atoms with E-state index in [-0.39, 0.29) is 36.7 Å². The zero-order chi connectivity index (χ0) is 38.8. The molecule has 6 rings (SSSR count). The third kappa shape index (κ3) is 10.9. The molecular formula is C45H49N3O6S. The van der Waals surface area contributed by atoms with Gasteiger partial charge in [-0.15, -0.1) is 6.58 Å². The van der Waals surface area contributed by atoms with E-state index in [0.29, 0.717) is 13.0 Å². The van der Waals surface area contributed by atoms with Gasteiger partial charge >= 0.3 is 0 Å². The molecule has 286 valence electrons. The Kier molecular flexibility index (Phi) is 13.4. The number of amides is 1. The second kappa shape index (κ2) is 18.6. The average Bonchev–Trinajstić information content (AvgIpc) is 3.20. The monoisotopic (exact) mass is 759 g/mol. The minimum absolute atomic E-state index is 0.0162. The zero-order valence-electron chi connectivity index (χ0n) is 31.3. The van der Waals surface area contributed by atoms with Crippen LogP contribution in [0.15, 0.2) is 145 Å². The van der Waals surface area contributed by atoms with Gasteiger partial charge in [0.05, 0.1) is 23.7 Å². The van der Waals surface area contributed by atoms with Crippen LogP contribution in [0, 0.1) is 6.92 Å². The lowest BCUT2D eigenvalue weighted by molar-refractivity contribution is -0.252. The van der Waals surface area contributed by atoms with Crippen LogP contribution in [0.25, 0.3) is 11.1 Å². The summed E-state index contributed by atoms with van der Waals surface area (Å²) in [6.45, 7) is 7.40. The number of hydrogen-bond donors (Lipinski definition) is 3. The van der Waals surface area contributed by atoms with Crippen molar-refractivity contribution in [3.8, 4) is 11.1 Å². The number of benzene rings is 5. The molecule has 5 aromatic rings. The number of sulfonamides is 1. The quantitative estimate of drug-likeness (QED) is 0.0927. The van der Waals surface area contributed by atoms with E-state index in [4.69, 9.17) is 9.47 Å². The summed E-state index contributed by atoms with van der Waals surface area (Å²) in [6, 6.07) is 38.7. The average molecular weight is 760 g/mol. The van der Waals surface area contributed by atoms with E-state index in [0.717, 1.165) is 51.1 Å². The minimum Gasteiger partial charge on any atom is -0.392 e. The fourth-order valence-corrected chi connectivity index (χ4v) is 7.92. The van der Waals surface area contributed by atoms with Crippen molar-refractivity contribution in [3.05, 3.63) is 173 Å². The third-order valence-corrected chi connectivity index (χ3v) is 11.2. The highest BCUT2D eigenvalue weighted by Gasteiger charge is 2.33. The van der Waals surface area contributed by atoms with E-state index < -0.39 is 28.3 Å². The third-order valence-electron chi connectivity index (χ3n) is 9.68. The number of rotatable bonds is 16. The molecule has 0 spiro atoms. The summed E-state index contributed by atoms with van der Waals surface area (Å²) in [5.41, 5.74) is 7.30. The number of carbonyl (C=O) groups excluding carboxylic acids is 1. The molecule has 3 N–H and O–H groups in total. The summed E-state index contributed by atoms with van der Waals surface area (Å²) in [6.07, 6.45) is 1.86. The van der Waals surface area contributed by atoms with Crippen molar-refractivity contribution >= 4 is 15.9 Å². The predicted molar refractivity (Wildman–Crippen MR) is 215 cm³/mol. The van der Waals surface area contributed by atoms with Gasteiger partial charge in [-0.3, -0.25) is 4.79 Å². The standard InChI is InChI=1S/C45H49N3O6S/c1-4-24-48(3)30-40-28-43(36-20-18-34(31-49)19-21-36)54-45(53-40)39-15-9-14-38(27-39)37-13-8-12-35(25-37)29-46-44(50)42(26-33-10-6-5-7-11-33)47-55(51,52)41-22-16-32(2)17-23-41/h4-23,25,27,40,42-43,45,47,49H,1,24,26,28-31H2,2-3H3,(H,46,50)/t40-,42-,43+,45+/m1/s1. The molecule has 0 aliphatic carbocycles. The van der Waals surface area contributed by atoms with Crippen LogP contribution in [-0.4, -0.2) is 56.6 Å². The molecule has 0 aromatic heterocycles. The molecule has 1 fully saturated rings. The number of aryl methyl sites for hydroxylation is 1. The topological polar surface area (TPSA) is 117 Å². The van der Waals surface area contributed by atoms with Crippen LogP contribution in [0.4, 0.5) is 0 Å². The van der Waals surface area contributed by atoms with Crippen molar-refractivity contribution in [2.24, 2.45) is 0 Å². The van der Waals surface area contributed by atoms with Crippen LogP contribution >= 0.6 is 0 Å². The maximum absolute atomic E-state index is 13.7. The largest absolute Gasteiger partial charge is 0.392 e. The molecule has 0 radical (unpaired) electrons. The van der Waals surface area contributed by atoms with Crippen LogP contribution in [0.1, 0.15) is 52.2 Å². The Hall–Kier alpha value is -4.94. The molecular weight excluding hydrogens is 711 g/mol. The molecule has 1 aliphatic rings. The number of likely N-dealkylation sites (N-methyl/N-ethyl adjacent to an activating group) is 1. The number of carbonyl (C=O) groups is 1. The SMILES string of the molecule is C=CCN(C)C[C@H]1C[C@@H](c2ccc(CO)cc2)O[C@@H](c2cccc(-c3cccc(CNC(=O)[C@@H](Cc4ccccc4)NS(=O)(=O)c4ccc(C)cc4)c3)c2)O1. The van der Waals surface area contributed by atoms with Crippen molar-refractivity contribution in [1.82, 2.24) is 14.9 Å². The van der Waals surface area contributed by atoms with Gasteiger partial charge in [0, 0.05) is 31.6 Å². The highest BCUT2D eigenvalue weighted by Crippen LogP contribution is 2.39. The first-order chi connectivity index (χ1) is 26.6. The highest BCUT2D eigenvalue weighted by atomic mass is 32.2. The number of aliphatic hydroxyl groups excluding tert-OH is 1. The number of ether oxygens (including phenoxy) is 2. The predicted octanol–water partition coefficient (Wildman–Crippen LogP) is 7.02. The van der Waals surface area contributed by atoms with E-state index in [1.165, 1.54) is 0 Å². The van der Waals surface area contributed by atoms with Gasteiger partial charge in [0.15, 0.2) is 6.29 Å². The van der Waals surface area contributed by atoms with E-state index in [1.54, 1.807) is 24.3 Å². The zero-order valence-corrected chi connectivity index (χ0v) is 32.1. The Bertz CT molecular complexity index is 2140. The molecule has 1 heterocycles. The second-order valence-electron chi connectivity index (χ2n) is 14.1. The summed E-state index contributed by atoms with van der Waals surface area (Å²) in [4.78, 5) is 15.9. The van der Waals surface area contributed by atoms with E-state index in [1.807, 2.05) is 117 Å². The molecule has 1 saturated heterocycles. The lowest BCUT2D eigenvalue weighted by Crippen LogP contribution is -2.47. The van der Waals surface area contributed by atoms with Crippen molar-refractivity contribution in [1.29, 1.82) is 0 Å². The molecule has 0 unspecified atom stereocenters. The van der Waals surface area contributed by atoms with Gasteiger partial charge in [-0.2, -0.15) is 4.72 Å². The molecule has 1 aliphatic heterocycles. The Labute approximate surface area is 324 Å². The normalized spacial score (nSPS) is 17.8. The van der Waals surface area contributed by atoms with E-state index in [9.17, 15) is 18.3 Å². The molecule has 0 saturated carbocycles. The fourth-order valence-electron chi connectivity index (χ4n) is 6.72. The van der Waals surface area contributed by atoms with Gasteiger partial charge in [-0.05, 0) is 78.0 Å². The highest BCUT2D eigenvalue weighted by molar-refractivity contribution is 7.89. The lowest BCUT2D eigenvalue weighted by atomic mass is 9.98. The van der Waals surface area contributed by atoms with E-state index >= 15 is 0 Å². The molecule has 55 heavy (non-hydrogen) atoms. The lowest BCUT2D eigenvalue weighted by Gasteiger charge is -2.37. The molecule has 5 aromatic carbocycles. The Morgan fingerprint density at radius 3 is 2.25 bits per heavy atom. The van der Waals surface area contributed by atoms with Crippen molar-refractivity contribution in [2.75, 3.05) is 20.1 Å². The molecule has 4 atom stereocenters. The van der Waals surface area contributed by atoms with Crippen molar-refractivity contribution in [2.45, 2.75) is 62.4 Å². The van der Waals surface area contributed by atoms with Crippen LogP contribution in [0.3, 0.4) is 0 Å². The van der Waals surface area contributed by atoms with Gasteiger partial charge in [-0.25, -0.2) is 8.42 Å². The maximum atomic E-state index is 13.7. The number of hydrogen-bond acceptors (Lipinski definition) is 7. The summed E-state index contributed by atoms with van der Waals surface area (Å²) in [5.74, 6) is -0.424. The summed E-state index contributed by atoms with van der Waals surface area (Å²) >= 11 is 0. The summed E-state index contributed by atoms with van der Waals surface area (Å²) in [7, 11) is -1.92. The number of nitrogens with one attached hydrogen (secondary N) is 2. The molecule has 10 heteroatoms. The smallest absolute Gasteiger partial charge is 0.241 e. The first-order valence-corrected chi connectivity index (χ1v) is 20.0. The number of nitrogens with zero attached hydrogens (tertiary/aromatic N) is 1. The number of aliphatic hydroxyl groups is 1. The Balaban J connectivity index is 1.18. The minimum atomic E-state index is -3.96. The van der Waals surface area contributed by atoms with Gasteiger partial charge in [0.2, 0.25) is 15.9 Å². The van der Waals surface area contributed by atoms with Crippen LogP contribution in [0.2, 0.25) is 0 Å².